The molecule has 2 saturated heterocycles. The Balaban J connectivity index is 1.50. The summed E-state index contributed by atoms with van der Waals surface area (Å²) in [6, 6.07) is 1.98. The smallest absolute Gasteiger partial charge is 0.323 e. The van der Waals surface area contributed by atoms with Crippen molar-refractivity contribution < 1.29 is 9.53 Å². The highest BCUT2D eigenvalue weighted by Crippen LogP contribution is 2.29. The number of hydrogen-bond donors (Lipinski definition) is 0. The van der Waals surface area contributed by atoms with E-state index in [0.717, 1.165) is 48.6 Å². The lowest BCUT2D eigenvalue weighted by molar-refractivity contribution is -0.142. The molecular formula is C14H16N4O2S. The number of ether oxygens (including phenoxy) is 1. The minimum absolute atomic E-state index is 0.0423. The van der Waals surface area contributed by atoms with Gasteiger partial charge in [0.25, 0.3) is 0 Å². The van der Waals surface area contributed by atoms with Crippen molar-refractivity contribution in [2.75, 3.05) is 37.7 Å². The Kier molecular flexibility index (Phi) is 3.23. The number of anilines is 1. The molecule has 2 aromatic rings. The first-order chi connectivity index (χ1) is 10.3. The Labute approximate surface area is 126 Å². The van der Waals surface area contributed by atoms with Gasteiger partial charge in [0.1, 0.15) is 18.2 Å². The lowest BCUT2D eigenvalue weighted by atomic mass is 10.2. The van der Waals surface area contributed by atoms with Crippen molar-refractivity contribution >= 4 is 33.3 Å². The maximum absolute atomic E-state index is 11.7. The molecule has 0 unspecified atom stereocenters. The predicted molar refractivity (Wildman–Crippen MR) is 80.6 cm³/mol. The van der Waals surface area contributed by atoms with Gasteiger partial charge in [0.15, 0.2) is 0 Å². The van der Waals surface area contributed by atoms with Crippen LogP contribution in [0.25, 0.3) is 10.2 Å². The first-order valence-corrected chi connectivity index (χ1v) is 8.05. The average Bonchev–Trinajstić information content (AvgIpc) is 3.15. The summed E-state index contributed by atoms with van der Waals surface area (Å²) < 4.78 is 6.21. The van der Waals surface area contributed by atoms with Gasteiger partial charge in [0.2, 0.25) is 0 Å². The van der Waals surface area contributed by atoms with E-state index in [0.29, 0.717) is 6.61 Å². The van der Waals surface area contributed by atoms with Crippen LogP contribution < -0.4 is 4.90 Å². The highest BCUT2D eigenvalue weighted by molar-refractivity contribution is 7.17. The summed E-state index contributed by atoms with van der Waals surface area (Å²) in [5, 5.41) is 2.05. The van der Waals surface area contributed by atoms with Gasteiger partial charge < -0.3 is 9.64 Å². The van der Waals surface area contributed by atoms with Gasteiger partial charge in [-0.05, 0) is 11.4 Å². The number of cyclic esters (lactones) is 1. The fraction of sp³-hybridized carbons (Fsp3) is 0.500. The zero-order valence-corrected chi connectivity index (χ0v) is 12.4. The minimum Gasteiger partial charge on any atom is -0.464 e. The van der Waals surface area contributed by atoms with Gasteiger partial charge >= 0.3 is 5.97 Å². The van der Waals surface area contributed by atoms with E-state index in [9.17, 15) is 4.79 Å². The largest absolute Gasteiger partial charge is 0.464 e. The molecule has 2 aliphatic rings. The number of nitrogens with zero attached hydrogens (tertiary/aromatic N) is 4. The second-order valence-corrected chi connectivity index (χ2v) is 6.24. The van der Waals surface area contributed by atoms with Gasteiger partial charge in [-0.15, -0.1) is 11.3 Å². The van der Waals surface area contributed by atoms with Crippen LogP contribution in [0.1, 0.15) is 6.42 Å². The molecule has 2 fully saturated rings. The summed E-state index contributed by atoms with van der Waals surface area (Å²) >= 11 is 1.68. The molecule has 0 amide bonds. The monoisotopic (exact) mass is 304 g/mol. The second kappa shape index (κ2) is 5.23. The zero-order valence-electron chi connectivity index (χ0n) is 11.6. The fourth-order valence-corrected chi connectivity index (χ4v) is 3.93. The van der Waals surface area contributed by atoms with Crippen LogP contribution in [0.2, 0.25) is 0 Å². The van der Waals surface area contributed by atoms with Crippen molar-refractivity contribution in [3.63, 3.8) is 0 Å². The SMILES string of the molecule is O=C1OCC[C@H]1N1CCN(c2ncnc3ccsc23)CC1. The molecule has 0 aromatic carbocycles. The molecule has 1 atom stereocenters. The molecule has 6 nitrogen and oxygen atoms in total. The summed E-state index contributed by atoms with van der Waals surface area (Å²) in [5.41, 5.74) is 1.01. The number of aromatic nitrogens is 2. The van der Waals surface area contributed by atoms with E-state index in [-0.39, 0.29) is 12.0 Å². The molecule has 21 heavy (non-hydrogen) atoms. The van der Waals surface area contributed by atoms with Crippen molar-refractivity contribution in [2.24, 2.45) is 0 Å². The summed E-state index contributed by atoms with van der Waals surface area (Å²) in [4.78, 5) is 24.9. The van der Waals surface area contributed by atoms with Gasteiger partial charge in [0, 0.05) is 32.6 Å². The molecule has 0 spiro atoms. The molecule has 2 aromatic heterocycles. The van der Waals surface area contributed by atoms with E-state index in [1.54, 1.807) is 17.7 Å². The molecule has 4 rings (SSSR count). The summed E-state index contributed by atoms with van der Waals surface area (Å²) in [6.45, 7) is 4.07. The van der Waals surface area contributed by atoms with E-state index in [4.69, 9.17) is 4.74 Å². The molecule has 4 heterocycles. The third kappa shape index (κ3) is 2.26. The zero-order chi connectivity index (χ0) is 14.2. The molecule has 0 saturated carbocycles. The fourth-order valence-electron chi connectivity index (χ4n) is 3.06. The highest BCUT2D eigenvalue weighted by atomic mass is 32.1. The normalized spacial score (nSPS) is 23.7. The first kappa shape index (κ1) is 13.0. The van der Waals surface area contributed by atoms with E-state index < -0.39 is 0 Å². The van der Waals surface area contributed by atoms with Crippen LogP contribution in [0.15, 0.2) is 17.8 Å². The lowest BCUT2D eigenvalue weighted by Gasteiger charge is -2.37. The van der Waals surface area contributed by atoms with E-state index in [1.807, 2.05) is 11.4 Å². The Bertz CT molecular complexity index is 666. The molecular weight excluding hydrogens is 288 g/mol. The van der Waals surface area contributed by atoms with Crippen LogP contribution in [0, 0.1) is 0 Å². The number of carbonyl (C=O) groups is 1. The van der Waals surface area contributed by atoms with Crippen molar-refractivity contribution in [3.05, 3.63) is 17.8 Å². The van der Waals surface area contributed by atoms with Gasteiger partial charge in [0.05, 0.1) is 16.8 Å². The minimum atomic E-state index is -0.0638. The number of esters is 1. The van der Waals surface area contributed by atoms with Crippen LogP contribution in [0.4, 0.5) is 5.82 Å². The maximum Gasteiger partial charge on any atom is 0.323 e. The number of rotatable bonds is 2. The van der Waals surface area contributed by atoms with Crippen LogP contribution >= 0.6 is 11.3 Å². The Hall–Kier alpha value is -1.73. The third-order valence-electron chi connectivity index (χ3n) is 4.19. The molecule has 0 N–H and O–H groups in total. The number of carbonyl (C=O) groups excluding carboxylic acids is 1. The average molecular weight is 304 g/mol. The molecule has 0 radical (unpaired) electrons. The number of hydrogen-bond acceptors (Lipinski definition) is 7. The molecule has 0 bridgehead atoms. The summed E-state index contributed by atoms with van der Waals surface area (Å²) in [5.74, 6) is 0.954. The van der Waals surface area contributed by atoms with Gasteiger partial charge in [-0.1, -0.05) is 0 Å². The first-order valence-electron chi connectivity index (χ1n) is 7.17. The Morgan fingerprint density at radius 2 is 2.10 bits per heavy atom. The van der Waals surface area contributed by atoms with Crippen molar-refractivity contribution in [1.82, 2.24) is 14.9 Å². The van der Waals surface area contributed by atoms with Crippen molar-refractivity contribution in [2.45, 2.75) is 12.5 Å². The molecule has 2 aliphatic heterocycles. The van der Waals surface area contributed by atoms with Crippen molar-refractivity contribution in [3.8, 4) is 0 Å². The quantitative estimate of drug-likeness (QED) is 0.775. The summed E-state index contributed by atoms with van der Waals surface area (Å²) in [7, 11) is 0. The molecule has 110 valence electrons. The summed E-state index contributed by atoms with van der Waals surface area (Å²) in [6.07, 6.45) is 2.45. The lowest BCUT2D eigenvalue weighted by Crippen LogP contribution is -2.51. The van der Waals surface area contributed by atoms with E-state index >= 15 is 0 Å². The van der Waals surface area contributed by atoms with Gasteiger partial charge in [-0.3, -0.25) is 9.69 Å². The van der Waals surface area contributed by atoms with Gasteiger partial charge in [-0.2, -0.15) is 0 Å². The van der Waals surface area contributed by atoms with Crippen LogP contribution in [0.5, 0.6) is 0 Å². The molecule has 7 heteroatoms. The van der Waals surface area contributed by atoms with Crippen LogP contribution in [-0.4, -0.2) is 59.7 Å². The Morgan fingerprint density at radius 1 is 1.24 bits per heavy atom. The number of fused-ring (bicyclic) bond motifs is 1. The topological polar surface area (TPSA) is 58.6 Å². The predicted octanol–water partition coefficient (Wildman–Crippen LogP) is 1.13. The highest BCUT2D eigenvalue weighted by Gasteiger charge is 2.34. The Morgan fingerprint density at radius 3 is 2.86 bits per heavy atom. The third-order valence-corrected chi connectivity index (χ3v) is 5.09. The van der Waals surface area contributed by atoms with Crippen LogP contribution in [0.3, 0.4) is 0 Å². The number of piperazine rings is 1. The van der Waals surface area contributed by atoms with E-state index in [2.05, 4.69) is 19.8 Å². The van der Waals surface area contributed by atoms with Crippen LogP contribution in [-0.2, 0) is 9.53 Å². The van der Waals surface area contributed by atoms with Gasteiger partial charge in [-0.25, -0.2) is 9.97 Å². The maximum atomic E-state index is 11.7. The standard InChI is InChI=1S/C14H16N4O2S/c19-14-11(1-7-20-14)17-3-5-18(6-4-17)13-12-10(2-8-21-12)15-9-16-13/h2,8-9,11H,1,3-7H2/t11-/m1/s1. The van der Waals surface area contributed by atoms with Crippen molar-refractivity contribution in [1.29, 1.82) is 0 Å². The van der Waals surface area contributed by atoms with E-state index in [1.165, 1.54) is 0 Å². The number of thiophene rings is 1. The molecule has 0 aliphatic carbocycles. The second-order valence-electron chi connectivity index (χ2n) is 5.33.